The molecule has 0 aliphatic heterocycles. The largest absolute Gasteiger partial charge is 0.396 e. The fourth-order valence-corrected chi connectivity index (χ4v) is 2.61. The molecule has 0 fully saturated rings. The average Bonchev–Trinajstić information content (AvgIpc) is 2.20. The zero-order valence-electron chi connectivity index (χ0n) is 8.16. The zero-order chi connectivity index (χ0) is 11.3. The Morgan fingerprint density at radius 1 is 1.53 bits per heavy atom. The third-order valence-electron chi connectivity index (χ3n) is 1.80. The van der Waals surface area contributed by atoms with E-state index in [1.54, 1.807) is 11.8 Å². The highest BCUT2D eigenvalue weighted by Gasteiger charge is 2.03. The normalized spacial score (nSPS) is 10.3. The van der Waals surface area contributed by atoms with Gasteiger partial charge in [-0.15, -0.1) is 11.8 Å². The van der Waals surface area contributed by atoms with Crippen molar-refractivity contribution in [3.8, 4) is 0 Å². The Hall–Kier alpha value is -0.520. The first-order chi connectivity index (χ1) is 7.15. The van der Waals surface area contributed by atoms with E-state index in [4.69, 9.17) is 16.2 Å². The number of benzene rings is 1. The molecule has 82 valence electrons. The Balaban J connectivity index is 2.70. The second-order valence-corrected chi connectivity index (χ2v) is 4.98. The van der Waals surface area contributed by atoms with Gasteiger partial charge in [-0.3, -0.25) is 5.41 Å². The van der Waals surface area contributed by atoms with Gasteiger partial charge < -0.3 is 10.8 Å². The van der Waals surface area contributed by atoms with Crippen LogP contribution in [-0.2, 0) is 0 Å². The first kappa shape index (κ1) is 12.5. The first-order valence-electron chi connectivity index (χ1n) is 4.52. The van der Waals surface area contributed by atoms with Crippen LogP contribution in [0, 0.1) is 5.41 Å². The second kappa shape index (κ2) is 6.15. The summed E-state index contributed by atoms with van der Waals surface area (Å²) in [6, 6.07) is 5.60. The van der Waals surface area contributed by atoms with Crippen LogP contribution in [0.1, 0.15) is 12.0 Å². The van der Waals surface area contributed by atoms with Gasteiger partial charge in [-0.25, -0.2) is 0 Å². The molecule has 0 saturated carbocycles. The summed E-state index contributed by atoms with van der Waals surface area (Å²) in [5, 5.41) is 15.9. The Kier molecular flexibility index (Phi) is 5.14. The van der Waals surface area contributed by atoms with Gasteiger partial charge in [0.1, 0.15) is 5.84 Å². The lowest BCUT2D eigenvalue weighted by Crippen LogP contribution is -2.10. The number of aliphatic hydroxyl groups is 1. The van der Waals surface area contributed by atoms with Crippen LogP contribution >= 0.6 is 27.7 Å². The van der Waals surface area contributed by atoms with Crippen molar-refractivity contribution in [3.63, 3.8) is 0 Å². The third-order valence-corrected chi connectivity index (χ3v) is 3.88. The van der Waals surface area contributed by atoms with Crippen molar-refractivity contribution in [1.29, 1.82) is 5.41 Å². The summed E-state index contributed by atoms with van der Waals surface area (Å²) in [7, 11) is 0. The van der Waals surface area contributed by atoms with E-state index in [9.17, 15) is 0 Å². The Bertz CT molecular complexity index is 357. The van der Waals surface area contributed by atoms with Gasteiger partial charge in [-0.1, -0.05) is 6.07 Å². The van der Waals surface area contributed by atoms with Crippen molar-refractivity contribution in [1.82, 2.24) is 0 Å². The Labute approximate surface area is 102 Å². The van der Waals surface area contributed by atoms with E-state index >= 15 is 0 Å². The Morgan fingerprint density at radius 3 is 2.80 bits per heavy atom. The number of rotatable bonds is 5. The molecule has 0 radical (unpaired) electrons. The smallest absolute Gasteiger partial charge is 0.122 e. The molecule has 5 heteroatoms. The van der Waals surface area contributed by atoms with E-state index < -0.39 is 0 Å². The van der Waals surface area contributed by atoms with Crippen LogP contribution in [0.25, 0.3) is 0 Å². The van der Waals surface area contributed by atoms with E-state index in [0.717, 1.165) is 21.5 Å². The van der Waals surface area contributed by atoms with E-state index in [0.29, 0.717) is 5.56 Å². The zero-order valence-corrected chi connectivity index (χ0v) is 10.6. The van der Waals surface area contributed by atoms with Crippen molar-refractivity contribution >= 4 is 33.5 Å². The summed E-state index contributed by atoms with van der Waals surface area (Å²) < 4.78 is 0.943. The second-order valence-electron chi connectivity index (χ2n) is 2.98. The van der Waals surface area contributed by atoms with Crippen molar-refractivity contribution in [3.05, 3.63) is 28.2 Å². The van der Waals surface area contributed by atoms with Crippen LogP contribution in [-0.4, -0.2) is 23.3 Å². The predicted molar refractivity (Wildman–Crippen MR) is 67.6 cm³/mol. The summed E-state index contributed by atoms with van der Waals surface area (Å²) in [5.74, 6) is 0.955. The van der Waals surface area contributed by atoms with E-state index in [2.05, 4.69) is 15.9 Å². The summed E-state index contributed by atoms with van der Waals surface area (Å²) in [5.41, 5.74) is 6.09. The molecule has 0 aromatic heterocycles. The first-order valence-corrected chi connectivity index (χ1v) is 6.30. The fraction of sp³-hybridized carbons (Fsp3) is 0.300. The molecule has 0 heterocycles. The van der Waals surface area contributed by atoms with Crippen LogP contribution in [0.4, 0.5) is 0 Å². The van der Waals surface area contributed by atoms with Crippen LogP contribution in [0.5, 0.6) is 0 Å². The predicted octanol–water partition coefficient (Wildman–Crippen LogP) is 2.21. The lowest BCUT2D eigenvalue weighted by atomic mass is 10.2. The van der Waals surface area contributed by atoms with Crippen molar-refractivity contribution in [2.45, 2.75) is 11.3 Å². The highest BCUT2D eigenvalue weighted by Crippen LogP contribution is 2.28. The molecule has 1 aromatic rings. The molecule has 0 saturated heterocycles. The third kappa shape index (κ3) is 3.85. The summed E-state index contributed by atoms with van der Waals surface area (Å²) in [4.78, 5) is 1.11. The summed E-state index contributed by atoms with van der Waals surface area (Å²) >= 11 is 5.11. The molecule has 4 N–H and O–H groups in total. The quantitative estimate of drug-likeness (QED) is 0.337. The summed E-state index contributed by atoms with van der Waals surface area (Å²) in [6.07, 6.45) is 0.783. The number of nitrogens with two attached hydrogens (primary N) is 1. The highest BCUT2D eigenvalue weighted by atomic mass is 79.9. The monoisotopic (exact) mass is 288 g/mol. The number of hydrogen-bond acceptors (Lipinski definition) is 3. The molecule has 0 unspecified atom stereocenters. The average molecular weight is 289 g/mol. The van der Waals surface area contributed by atoms with Crippen molar-refractivity contribution in [2.24, 2.45) is 5.73 Å². The SMILES string of the molecule is N=C(N)c1ccc(SCCCO)c(Br)c1. The molecule has 15 heavy (non-hydrogen) atoms. The maximum absolute atomic E-state index is 8.66. The molecule has 0 atom stereocenters. The number of halogens is 1. The van der Waals surface area contributed by atoms with Gasteiger partial charge in [0.05, 0.1) is 0 Å². The van der Waals surface area contributed by atoms with Crippen LogP contribution in [0.2, 0.25) is 0 Å². The lowest BCUT2D eigenvalue weighted by molar-refractivity contribution is 0.296. The molecule has 0 spiro atoms. The van der Waals surface area contributed by atoms with E-state index in [-0.39, 0.29) is 12.4 Å². The molecule has 1 aromatic carbocycles. The lowest BCUT2D eigenvalue weighted by Gasteiger charge is -2.05. The van der Waals surface area contributed by atoms with Gasteiger partial charge in [-0.05, 0) is 34.5 Å². The molecule has 0 bridgehead atoms. The van der Waals surface area contributed by atoms with Gasteiger partial charge in [-0.2, -0.15) is 0 Å². The topological polar surface area (TPSA) is 70.1 Å². The minimum Gasteiger partial charge on any atom is -0.396 e. The van der Waals surface area contributed by atoms with Crippen molar-refractivity contribution < 1.29 is 5.11 Å². The molecule has 3 nitrogen and oxygen atoms in total. The fourth-order valence-electron chi connectivity index (χ4n) is 1.03. The Morgan fingerprint density at radius 2 is 2.27 bits per heavy atom. The number of amidine groups is 1. The van der Waals surface area contributed by atoms with E-state index in [1.165, 1.54) is 0 Å². The number of thioether (sulfide) groups is 1. The van der Waals surface area contributed by atoms with Crippen LogP contribution < -0.4 is 5.73 Å². The molecule has 0 aliphatic rings. The van der Waals surface area contributed by atoms with Gasteiger partial charge in [0.15, 0.2) is 0 Å². The van der Waals surface area contributed by atoms with Crippen LogP contribution in [0.3, 0.4) is 0 Å². The molecule has 1 rings (SSSR count). The highest BCUT2D eigenvalue weighted by molar-refractivity contribution is 9.10. The maximum atomic E-state index is 8.66. The maximum Gasteiger partial charge on any atom is 0.122 e. The summed E-state index contributed by atoms with van der Waals surface area (Å²) in [6.45, 7) is 0.218. The number of aliphatic hydroxyl groups excluding tert-OH is 1. The van der Waals surface area contributed by atoms with Gasteiger partial charge in [0.2, 0.25) is 0 Å². The minimum atomic E-state index is 0.0719. The molecular weight excluding hydrogens is 276 g/mol. The number of hydrogen-bond donors (Lipinski definition) is 3. The minimum absolute atomic E-state index is 0.0719. The standard InChI is InChI=1S/C10H13BrN2OS/c11-8-6-7(10(12)13)2-3-9(8)15-5-1-4-14/h2-3,6,14H,1,4-5H2,(H3,12,13). The number of nitrogen functional groups attached to an aromatic ring is 1. The van der Waals surface area contributed by atoms with E-state index in [1.807, 2.05) is 18.2 Å². The van der Waals surface area contributed by atoms with Gasteiger partial charge >= 0.3 is 0 Å². The molecular formula is C10H13BrN2OS. The van der Waals surface area contributed by atoms with Crippen LogP contribution in [0.15, 0.2) is 27.6 Å². The van der Waals surface area contributed by atoms with Gasteiger partial charge in [0.25, 0.3) is 0 Å². The number of nitrogens with one attached hydrogen (secondary N) is 1. The molecule has 0 amide bonds. The molecule has 0 aliphatic carbocycles. The van der Waals surface area contributed by atoms with Crippen molar-refractivity contribution in [2.75, 3.05) is 12.4 Å². The van der Waals surface area contributed by atoms with Gasteiger partial charge in [0, 0.05) is 27.3 Å².